The predicted octanol–water partition coefficient (Wildman–Crippen LogP) is 2.92. The normalized spacial score (nSPS) is 13.2. The summed E-state index contributed by atoms with van der Waals surface area (Å²) in [6, 6.07) is 5.97. The van der Waals surface area contributed by atoms with Crippen LogP contribution in [-0.4, -0.2) is 46.5 Å². The predicted molar refractivity (Wildman–Crippen MR) is 81.9 cm³/mol. The Balaban J connectivity index is 2.34. The largest absolute Gasteiger partial charge is 0.433 e. The second-order valence-corrected chi connectivity index (χ2v) is 5.37. The number of anilines is 1. The topological polar surface area (TPSA) is 53.9 Å². The lowest BCUT2D eigenvalue weighted by Crippen LogP contribution is -2.31. The lowest BCUT2D eigenvalue weighted by atomic mass is 10.3. The number of pyridine rings is 1. The molecule has 0 unspecified atom stereocenters. The molecule has 0 fully saturated rings. The van der Waals surface area contributed by atoms with Crippen molar-refractivity contribution < 1.29 is 13.2 Å². The molecule has 0 spiro atoms. The van der Waals surface area contributed by atoms with Crippen LogP contribution in [0.3, 0.4) is 0 Å². The smallest absolute Gasteiger partial charge is 0.368 e. The van der Waals surface area contributed by atoms with E-state index in [1.54, 1.807) is 18.2 Å². The Kier molecular flexibility index (Phi) is 5.15. The molecule has 1 N–H and O–H groups in total. The van der Waals surface area contributed by atoms with E-state index >= 15 is 0 Å². The summed E-state index contributed by atoms with van der Waals surface area (Å²) in [4.78, 5) is 13.7. The van der Waals surface area contributed by atoms with Gasteiger partial charge in [-0.05, 0) is 33.2 Å². The second-order valence-electron chi connectivity index (χ2n) is 5.37. The molecule has 2 aromatic rings. The van der Waals surface area contributed by atoms with Gasteiger partial charge < -0.3 is 10.2 Å². The molecule has 0 aliphatic carbocycles. The number of nitrogens with one attached hydrogen (secondary N) is 1. The minimum Gasteiger partial charge on any atom is -0.368 e. The van der Waals surface area contributed by atoms with Gasteiger partial charge in [-0.1, -0.05) is 6.07 Å². The quantitative estimate of drug-likeness (QED) is 0.916. The van der Waals surface area contributed by atoms with Crippen molar-refractivity contribution in [2.75, 3.05) is 26.0 Å². The molecule has 2 heterocycles. The van der Waals surface area contributed by atoms with E-state index < -0.39 is 11.9 Å². The van der Waals surface area contributed by atoms with Crippen molar-refractivity contribution in [3.05, 3.63) is 36.2 Å². The Morgan fingerprint density at radius 2 is 1.96 bits per heavy atom. The van der Waals surface area contributed by atoms with E-state index in [4.69, 9.17) is 0 Å². The van der Waals surface area contributed by atoms with Crippen LogP contribution >= 0.6 is 0 Å². The highest BCUT2D eigenvalue weighted by Crippen LogP contribution is 2.30. The highest BCUT2D eigenvalue weighted by atomic mass is 19.4. The first kappa shape index (κ1) is 17.1. The lowest BCUT2D eigenvalue weighted by Gasteiger charge is -2.20. The SMILES string of the molecule is C[C@@H](CNc1cc(C(F)(F)F)nc(-c2ccccn2)n1)N(C)C. The molecular weight excluding hydrogens is 307 g/mol. The van der Waals surface area contributed by atoms with Crippen molar-refractivity contribution in [2.45, 2.75) is 19.1 Å². The van der Waals surface area contributed by atoms with Crippen molar-refractivity contribution in [1.29, 1.82) is 0 Å². The van der Waals surface area contributed by atoms with Crippen LogP contribution in [0.25, 0.3) is 11.5 Å². The first-order valence-electron chi connectivity index (χ1n) is 7.05. The van der Waals surface area contributed by atoms with Crippen LogP contribution in [0.2, 0.25) is 0 Å². The molecule has 0 saturated carbocycles. The maximum atomic E-state index is 13.0. The molecule has 5 nitrogen and oxygen atoms in total. The van der Waals surface area contributed by atoms with Gasteiger partial charge in [0.15, 0.2) is 11.5 Å². The van der Waals surface area contributed by atoms with Crippen LogP contribution in [0, 0.1) is 0 Å². The van der Waals surface area contributed by atoms with Gasteiger partial charge in [-0.3, -0.25) is 4.98 Å². The van der Waals surface area contributed by atoms with E-state index in [-0.39, 0.29) is 17.7 Å². The third kappa shape index (κ3) is 4.62. The Morgan fingerprint density at radius 1 is 1.22 bits per heavy atom. The van der Waals surface area contributed by atoms with E-state index in [0.717, 1.165) is 6.07 Å². The number of nitrogens with zero attached hydrogens (tertiary/aromatic N) is 4. The number of rotatable bonds is 5. The maximum Gasteiger partial charge on any atom is 0.433 e. The van der Waals surface area contributed by atoms with Gasteiger partial charge in [0.2, 0.25) is 0 Å². The molecule has 0 radical (unpaired) electrons. The summed E-state index contributed by atoms with van der Waals surface area (Å²) in [6.07, 6.45) is -3.06. The van der Waals surface area contributed by atoms with Crippen LogP contribution in [0.1, 0.15) is 12.6 Å². The summed E-state index contributed by atoms with van der Waals surface area (Å²) in [7, 11) is 3.79. The molecule has 0 aliphatic heterocycles. The van der Waals surface area contributed by atoms with Crippen molar-refractivity contribution in [3.63, 3.8) is 0 Å². The van der Waals surface area contributed by atoms with Gasteiger partial charge >= 0.3 is 6.18 Å². The molecule has 0 aliphatic rings. The van der Waals surface area contributed by atoms with Crippen LogP contribution in [0.4, 0.5) is 19.0 Å². The van der Waals surface area contributed by atoms with E-state index in [1.165, 1.54) is 6.20 Å². The Bertz CT molecular complexity index is 643. The van der Waals surface area contributed by atoms with Crippen LogP contribution in [-0.2, 0) is 6.18 Å². The zero-order chi connectivity index (χ0) is 17.0. The molecule has 23 heavy (non-hydrogen) atoms. The first-order chi connectivity index (χ1) is 10.8. The zero-order valence-electron chi connectivity index (χ0n) is 13.1. The monoisotopic (exact) mass is 325 g/mol. The van der Waals surface area contributed by atoms with E-state index in [2.05, 4.69) is 20.3 Å². The Morgan fingerprint density at radius 3 is 2.52 bits per heavy atom. The highest BCUT2D eigenvalue weighted by molar-refractivity contribution is 5.53. The fraction of sp³-hybridized carbons (Fsp3) is 0.400. The van der Waals surface area contributed by atoms with Crippen molar-refractivity contribution >= 4 is 5.82 Å². The average molecular weight is 325 g/mol. The van der Waals surface area contributed by atoms with Gasteiger partial charge in [0.05, 0.1) is 0 Å². The molecule has 8 heteroatoms. The molecule has 0 aromatic carbocycles. The number of aromatic nitrogens is 3. The second kappa shape index (κ2) is 6.91. The molecule has 0 bridgehead atoms. The summed E-state index contributed by atoms with van der Waals surface area (Å²) >= 11 is 0. The molecule has 0 amide bonds. The van der Waals surface area contributed by atoms with Crippen molar-refractivity contribution in [2.24, 2.45) is 0 Å². The van der Waals surface area contributed by atoms with E-state index in [1.807, 2.05) is 25.9 Å². The molecule has 2 aromatic heterocycles. The fourth-order valence-electron chi connectivity index (χ4n) is 1.73. The first-order valence-corrected chi connectivity index (χ1v) is 7.05. The molecule has 124 valence electrons. The fourth-order valence-corrected chi connectivity index (χ4v) is 1.73. The summed E-state index contributed by atoms with van der Waals surface area (Å²) in [5, 5.41) is 2.93. The number of halogens is 3. The number of hydrogen-bond acceptors (Lipinski definition) is 5. The molecule has 2 rings (SSSR count). The van der Waals surface area contributed by atoms with E-state index in [0.29, 0.717) is 12.2 Å². The third-order valence-corrected chi connectivity index (χ3v) is 3.37. The Labute approximate surface area is 132 Å². The summed E-state index contributed by atoms with van der Waals surface area (Å²) in [6.45, 7) is 2.42. The minimum atomic E-state index is -4.55. The van der Waals surface area contributed by atoms with Gasteiger partial charge in [0, 0.05) is 24.8 Å². The van der Waals surface area contributed by atoms with E-state index in [9.17, 15) is 13.2 Å². The maximum absolute atomic E-state index is 13.0. The van der Waals surface area contributed by atoms with Gasteiger partial charge in [0.1, 0.15) is 11.5 Å². The molecular formula is C15H18F3N5. The van der Waals surface area contributed by atoms with Gasteiger partial charge in [-0.25, -0.2) is 9.97 Å². The lowest BCUT2D eigenvalue weighted by molar-refractivity contribution is -0.141. The number of alkyl halides is 3. The number of hydrogen-bond donors (Lipinski definition) is 1. The zero-order valence-corrected chi connectivity index (χ0v) is 13.1. The van der Waals surface area contributed by atoms with Gasteiger partial charge in [-0.15, -0.1) is 0 Å². The van der Waals surface area contributed by atoms with Crippen molar-refractivity contribution in [1.82, 2.24) is 19.9 Å². The van der Waals surface area contributed by atoms with Gasteiger partial charge in [-0.2, -0.15) is 13.2 Å². The van der Waals surface area contributed by atoms with Crippen LogP contribution < -0.4 is 5.32 Å². The minimum absolute atomic E-state index is 0.0552. The number of likely N-dealkylation sites (N-methyl/N-ethyl adjacent to an activating group) is 1. The standard InChI is InChI=1S/C15H18F3N5/c1-10(23(2)3)9-20-13-8-12(15(16,17)18)21-14(22-13)11-6-4-5-7-19-11/h4-8,10H,9H2,1-3H3,(H,20,21,22)/t10-/m0/s1. The summed E-state index contributed by atoms with van der Waals surface area (Å²) in [5.41, 5.74) is -0.699. The average Bonchev–Trinajstić information content (AvgIpc) is 2.52. The van der Waals surface area contributed by atoms with Gasteiger partial charge in [0.25, 0.3) is 0 Å². The van der Waals surface area contributed by atoms with Crippen LogP contribution in [0.15, 0.2) is 30.5 Å². The summed E-state index contributed by atoms with van der Waals surface area (Å²) < 4.78 is 39.1. The Hall–Kier alpha value is -2.22. The van der Waals surface area contributed by atoms with Crippen LogP contribution in [0.5, 0.6) is 0 Å². The molecule has 1 atom stereocenters. The summed E-state index contributed by atoms with van der Waals surface area (Å²) in [5.74, 6) is 0.0714. The van der Waals surface area contributed by atoms with Crippen molar-refractivity contribution in [3.8, 4) is 11.5 Å². The highest BCUT2D eigenvalue weighted by Gasteiger charge is 2.34. The molecule has 0 saturated heterocycles. The third-order valence-electron chi connectivity index (χ3n) is 3.37.